The third kappa shape index (κ3) is 3.70. The summed E-state index contributed by atoms with van der Waals surface area (Å²) in [4.78, 5) is 25.1. The Kier molecular flexibility index (Phi) is 5.52. The smallest absolute Gasteiger partial charge is 0.272 e. The van der Waals surface area contributed by atoms with E-state index in [0.717, 1.165) is 29.1 Å². The molecule has 9 nitrogen and oxygen atoms in total. The molecule has 4 aromatic rings. The second-order valence-corrected chi connectivity index (χ2v) is 8.58. The SMILES string of the molecule is CCCn1c(=O)c2sccc2n2c(CCCC(=O)NCc3ccc4c(c3)OCO4)nnc12. The van der Waals surface area contributed by atoms with Crippen molar-refractivity contribution in [1.82, 2.24) is 24.5 Å². The van der Waals surface area contributed by atoms with Gasteiger partial charge in [-0.1, -0.05) is 13.0 Å². The second-order valence-electron chi connectivity index (χ2n) is 7.66. The fourth-order valence-electron chi connectivity index (χ4n) is 3.91. The molecule has 5 rings (SSSR count). The minimum atomic E-state index is -0.0277. The van der Waals surface area contributed by atoms with Crippen molar-refractivity contribution < 1.29 is 14.3 Å². The molecular formula is C22H23N5O4S. The van der Waals surface area contributed by atoms with Crippen LogP contribution in [0.1, 0.15) is 37.6 Å². The lowest BCUT2D eigenvalue weighted by atomic mass is 10.2. The van der Waals surface area contributed by atoms with Gasteiger partial charge in [0.2, 0.25) is 18.5 Å². The van der Waals surface area contributed by atoms with Crippen LogP contribution in [0.2, 0.25) is 0 Å². The van der Waals surface area contributed by atoms with Crippen molar-refractivity contribution in [2.45, 2.75) is 45.7 Å². The number of hydrogen-bond donors (Lipinski definition) is 1. The van der Waals surface area contributed by atoms with Gasteiger partial charge in [0, 0.05) is 25.9 Å². The number of hydrogen-bond acceptors (Lipinski definition) is 7. The van der Waals surface area contributed by atoms with Gasteiger partial charge in [-0.15, -0.1) is 21.5 Å². The molecule has 0 saturated carbocycles. The number of carbonyl (C=O) groups is 1. The van der Waals surface area contributed by atoms with Gasteiger partial charge >= 0.3 is 0 Å². The standard InChI is InChI=1S/C22H23N5O4S/c1-2-9-26-21(29)20-15(8-10-32-20)27-18(24-25-22(26)27)4-3-5-19(28)23-12-14-6-7-16-17(11-14)31-13-30-16/h6-8,10-11H,2-5,9,12-13H2,1H3,(H,23,28). The minimum absolute atomic E-state index is 0.0220. The third-order valence-electron chi connectivity index (χ3n) is 5.46. The second kappa shape index (κ2) is 8.62. The minimum Gasteiger partial charge on any atom is -0.454 e. The van der Waals surface area contributed by atoms with Crippen LogP contribution in [0.4, 0.5) is 0 Å². The van der Waals surface area contributed by atoms with Crippen LogP contribution in [0.3, 0.4) is 0 Å². The molecule has 0 fully saturated rings. The third-order valence-corrected chi connectivity index (χ3v) is 6.35. The van der Waals surface area contributed by atoms with Crippen molar-refractivity contribution in [3.63, 3.8) is 0 Å². The first-order valence-electron chi connectivity index (χ1n) is 10.6. The van der Waals surface area contributed by atoms with E-state index in [4.69, 9.17) is 9.47 Å². The number of nitrogens with one attached hydrogen (secondary N) is 1. The molecule has 4 heterocycles. The van der Waals surface area contributed by atoms with E-state index in [2.05, 4.69) is 15.5 Å². The molecule has 1 aromatic carbocycles. The molecule has 0 radical (unpaired) electrons. The molecule has 0 atom stereocenters. The number of aromatic nitrogens is 4. The summed E-state index contributed by atoms with van der Waals surface area (Å²) in [7, 11) is 0. The molecule has 166 valence electrons. The van der Waals surface area contributed by atoms with Crippen LogP contribution in [-0.4, -0.2) is 31.9 Å². The first-order valence-corrected chi connectivity index (χ1v) is 11.5. The largest absolute Gasteiger partial charge is 0.454 e. The van der Waals surface area contributed by atoms with Crippen LogP contribution < -0.4 is 20.3 Å². The van der Waals surface area contributed by atoms with E-state index in [1.54, 1.807) is 4.57 Å². The number of benzene rings is 1. The number of carbonyl (C=O) groups excluding carboxylic acids is 1. The highest BCUT2D eigenvalue weighted by molar-refractivity contribution is 7.17. The zero-order valence-corrected chi connectivity index (χ0v) is 18.5. The van der Waals surface area contributed by atoms with E-state index in [-0.39, 0.29) is 18.3 Å². The van der Waals surface area contributed by atoms with Crippen LogP contribution in [-0.2, 0) is 24.3 Å². The van der Waals surface area contributed by atoms with Crippen molar-refractivity contribution in [2.24, 2.45) is 0 Å². The van der Waals surface area contributed by atoms with Crippen LogP contribution in [0.15, 0.2) is 34.4 Å². The fraction of sp³-hybridized carbons (Fsp3) is 0.364. The summed E-state index contributed by atoms with van der Waals surface area (Å²) in [6.07, 6.45) is 2.43. The summed E-state index contributed by atoms with van der Waals surface area (Å²) >= 11 is 1.43. The number of ether oxygens (including phenoxy) is 2. The Morgan fingerprint density at radius 1 is 1.22 bits per heavy atom. The van der Waals surface area contributed by atoms with Gasteiger partial charge in [0.05, 0.1) is 5.52 Å². The molecule has 1 aliphatic heterocycles. The number of amides is 1. The molecule has 1 aliphatic rings. The Morgan fingerprint density at radius 2 is 2.09 bits per heavy atom. The molecule has 0 unspecified atom stereocenters. The maximum Gasteiger partial charge on any atom is 0.272 e. The summed E-state index contributed by atoms with van der Waals surface area (Å²) < 4.78 is 15.0. The lowest BCUT2D eigenvalue weighted by Crippen LogP contribution is -2.23. The van der Waals surface area contributed by atoms with E-state index in [0.29, 0.717) is 48.6 Å². The topological polar surface area (TPSA) is 99.8 Å². The number of fused-ring (bicyclic) bond motifs is 4. The highest BCUT2D eigenvalue weighted by Crippen LogP contribution is 2.32. The fourth-order valence-corrected chi connectivity index (χ4v) is 4.74. The molecule has 0 aliphatic carbocycles. The van der Waals surface area contributed by atoms with E-state index >= 15 is 0 Å². The lowest BCUT2D eigenvalue weighted by molar-refractivity contribution is -0.121. The molecule has 1 N–H and O–H groups in total. The van der Waals surface area contributed by atoms with Gasteiger partial charge in [-0.3, -0.25) is 18.6 Å². The van der Waals surface area contributed by atoms with Crippen LogP contribution in [0.5, 0.6) is 11.5 Å². The zero-order valence-electron chi connectivity index (χ0n) is 17.7. The molecule has 10 heteroatoms. The molecule has 0 spiro atoms. The summed E-state index contributed by atoms with van der Waals surface area (Å²) in [6.45, 7) is 3.29. The van der Waals surface area contributed by atoms with Gasteiger partial charge in [-0.2, -0.15) is 0 Å². The quantitative estimate of drug-likeness (QED) is 0.440. The van der Waals surface area contributed by atoms with Gasteiger partial charge < -0.3 is 14.8 Å². The lowest BCUT2D eigenvalue weighted by Gasteiger charge is -2.08. The molecule has 0 bridgehead atoms. The van der Waals surface area contributed by atoms with Crippen LogP contribution in [0, 0.1) is 0 Å². The average Bonchev–Trinajstić information content (AvgIpc) is 3.54. The number of aryl methyl sites for hydroxylation is 2. The van der Waals surface area contributed by atoms with Crippen LogP contribution >= 0.6 is 11.3 Å². The monoisotopic (exact) mass is 453 g/mol. The number of nitrogens with zero attached hydrogens (tertiary/aromatic N) is 4. The Bertz CT molecular complexity index is 1360. The van der Waals surface area contributed by atoms with E-state index < -0.39 is 0 Å². The van der Waals surface area contributed by atoms with Crippen molar-refractivity contribution in [3.05, 3.63) is 51.4 Å². The predicted octanol–water partition coefficient (Wildman–Crippen LogP) is 2.88. The van der Waals surface area contributed by atoms with Gasteiger partial charge in [0.15, 0.2) is 11.5 Å². The normalized spacial score (nSPS) is 12.7. The van der Waals surface area contributed by atoms with Gasteiger partial charge in [-0.25, -0.2) is 0 Å². The highest BCUT2D eigenvalue weighted by atomic mass is 32.1. The molecule has 1 amide bonds. The van der Waals surface area contributed by atoms with Crippen molar-refractivity contribution in [3.8, 4) is 11.5 Å². The van der Waals surface area contributed by atoms with Crippen molar-refractivity contribution >= 4 is 33.2 Å². The summed E-state index contributed by atoms with van der Waals surface area (Å²) in [5, 5.41) is 13.5. The van der Waals surface area contributed by atoms with Gasteiger partial charge in [-0.05, 0) is 42.0 Å². The summed E-state index contributed by atoms with van der Waals surface area (Å²) in [5.41, 5.74) is 1.76. The molecule has 3 aromatic heterocycles. The first-order chi connectivity index (χ1) is 15.7. The molecular weight excluding hydrogens is 430 g/mol. The molecule has 32 heavy (non-hydrogen) atoms. The van der Waals surface area contributed by atoms with Gasteiger partial charge in [0.25, 0.3) is 5.56 Å². The Balaban J connectivity index is 1.24. The average molecular weight is 454 g/mol. The van der Waals surface area contributed by atoms with Gasteiger partial charge in [0.1, 0.15) is 10.5 Å². The zero-order chi connectivity index (χ0) is 22.1. The Morgan fingerprint density at radius 3 is 2.97 bits per heavy atom. The van der Waals surface area contributed by atoms with Crippen LogP contribution in [0.25, 0.3) is 16.0 Å². The van der Waals surface area contributed by atoms with Crippen molar-refractivity contribution in [2.75, 3.05) is 6.79 Å². The predicted molar refractivity (Wildman–Crippen MR) is 120 cm³/mol. The Labute approximate surface area is 187 Å². The maximum absolute atomic E-state index is 12.8. The number of rotatable bonds is 8. The van der Waals surface area contributed by atoms with E-state index in [9.17, 15) is 9.59 Å². The summed E-state index contributed by atoms with van der Waals surface area (Å²) in [5.74, 6) is 2.73. The highest BCUT2D eigenvalue weighted by Gasteiger charge is 2.17. The van der Waals surface area contributed by atoms with Crippen molar-refractivity contribution in [1.29, 1.82) is 0 Å². The number of thiophene rings is 1. The summed E-state index contributed by atoms with van der Waals surface area (Å²) in [6, 6.07) is 7.57. The molecule has 0 saturated heterocycles. The Hall–Kier alpha value is -3.40. The maximum atomic E-state index is 12.8. The van der Waals surface area contributed by atoms with E-state index in [1.165, 1.54) is 11.3 Å². The first kappa shape index (κ1) is 20.5. The van der Waals surface area contributed by atoms with E-state index in [1.807, 2.05) is 41.0 Å².